The summed E-state index contributed by atoms with van der Waals surface area (Å²) in [6.45, 7) is 8.11. The second kappa shape index (κ2) is 6.64. The molecule has 26 heavy (non-hydrogen) atoms. The SMILES string of the molecule is Cc1cc(N2CCN(c3nc(C4CC4)ns3)CC2)nc(N2CCCC2)n1. The van der Waals surface area contributed by atoms with Crippen molar-refractivity contribution in [1.82, 2.24) is 19.3 Å². The first-order valence-corrected chi connectivity index (χ1v) is 10.5. The molecule has 0 unspecified atom stereocenters. The van der Waals surface area contributed by atoms with E-state index in [0.29, 0.717) is 5.92 Å². The predicted octanol–water partition coefficient (Wildman–Crippen LogP) is 2.44. The number of aryl methyl sites for hydroxylation is 1. The van der Waals surface area contributed by atoms with Crippen LogP contribution in [-0.4, -0.2) is 58.6 Å². The third-order valence-corrected chi connectivity index (χ3v) is 6.26. The van der Waals surface area contributed by atoms with Gasteiger partial charge in [-0.1, -0.05) is 0 Å². The minimum absolute atomic E-state index is 0.634. The van der Waals surface area contributed by atoms with Gasteiger partial charge in [0.05, 0.1) is 0 Å². The maximum absolute atomic E-state index is 4.87. The molecule has 2 aromatic rings. The molecule has 0 aromatic carbocycles. The molecule has 2 aliphatic heterocycles. The number of hydrogen-bond donors (Lipinski definition) is 0. The van der Waals surface area contributed by atoms with Gasteiger partial charge in [0.25, 0.3) is 0 Å². The minimum Gasteiger partial charge on any atom is -0.353 e. The normalized spacial score (nSPS) is 20.9. The largest absolute Gasteiger partial charge is 0.353 e. The highest BCUT2D eigenvalue weighted by Gasteiger charge is 2.29. The van der Waals surface area contributed by atoms with Crippen LogP contribution in [0.4, 0.5) is 16.9 Å². The van der Waals surface area contributed by atoms with Gasteiger partial charge in [0, 0.05) is 68.5 Å². The summed E-state index contributed by atoms with van der Waals surface area (Å²) in [7, 11) is 0. The third-order valence-electron chi connectivity index (χ3n) is 5.47. The van der Waals surface area contributed by atoms with E-state index in [0.717, 1.165) is 67.7 Å². The van der Waals surface area contributed by atoms with Gasteiger partial charge in [-0.3, -0.25) is 0 Å². The van der Waals surface area contributed by atoms with E-state index in [4.69, 9.17) is 9.97 Å². The number of nitrogens with zero attached hydrogens (tertiary/aromatic N) is 7. The molecule has 3 fully saturated rings. The zero-order chi connectivity index (χ0) is 17.5. The molecule has 7 nitrogen and oxygen atoms in total. The van der Waals surface area contributed by atoms with Gasteiger partial charge in [-0.2, -0.15) is 9.36 Å². The fourth-order valence-corrected chi connectivity index (χ4v) is 4.54. The molecule has 8 heteroatoms. The summed E-state index contributed by atoms with van der Waals surface area (Å²) < 4.78 is 4.55. The quantitative estimate of drug-likeness (QED) is 0.818. The molecular formula is C18H25N7S. The zero-order valence-corrected chi connectivity index (χ0v) is 16.1. The lowest BCUT2D eigenvalue weighted by atomic mass is 10.3. The van der Waals surface area contributed by atoms with E-state index in [9.17, 15) is 0 Å². The second-order valence-electron chi connectivity index (χ2n) is 7.55. The van der Waals surface area contributed by atoms with Crippen LogP contribution in [0.5, 0.6) is 0 Å². The summed E-state index contributed by atoms with van der Waals surface area (Å²) in [6.07, 6.45) is 5.01. The average Bonchev–Trinajstić information content (AvgIpc) is 3.17. The van der Waals surface area contributed by atoms with Crippen molar-refractivity contribution in [3.05, 3.63) is 17.6 Å². The van der Waals surface area contributed by atoms with Gasteiger partial charge in [-0.25, -0.2) is 9.97 Å². The smallest absolute Gasteiger partial charge is 0.227 e. The molecule has 0 radical (unpaired) electrons. The second-order valence-corrected chi connectivity index (χ2v) is 8.28. The highest BCUT2D eigenvalue weighted by molar-refractivity contribution is 7.09. The molecule has 3 aliphatic rings. The lowest BCUT2D eigenvalue weighted by Gasteiger charge is -2.35. The van der Waals surface area contributed by atoms with E-state index in [2.05, 4.69) is 37.0 Å². The third kappa shape index (κ3) is 3.22. The van der Waals surface area contributed by atoms with Crippen molar-refractivity contribution in [2.75, 3.05) is 54.0 Å². The summed E-state index contributed by atoms with van der Waals surface area (Å²) in [5.41, 5.74) is 1.05. The van der Waals surface area contributed by atoms with E-state index < -0.39 is 0 Å². The maximum atomic E-state index is 4.87. The van der Waals surface area contributed by atoms with Crippen molar-refractivity contribution in [3.8, 4) is 0 Å². The molecular weight excluding hydrogens is 346 g/mol. The van der Waals surface area contributed by atoms with Crippen molar-refractivity contribution in [2.24, 2.45) is 0 Å². The molecule has 0 bridgehead atoms. The summed E-state index contributed by atoms with van der Waals surface area (Å²) in [5.74, 6) is 3.66. The van der Waals surface area contributed by atoms with Crippen molar-refractivity contribution in [3.63, 3.8) is 0 Å². The Morgan fingerprint density at radius 2 is 1.62 bits per heavy atom. The fourth-order valence-electron chi connectivity index (χ4n) is 3.75. The van der Waals surface area contributed by atoms with Crippen LogP contribution in [0.1, 0.15) is 43.1 Å². The van der Waals surface area contributed by atoms with Crippen LogP contribution in [0.15, 0.2) is 6.07 Å². The Labute approximate surface area is 158 Å². The molecule has 1 saturated carbocycles. The first-order chi connectivity index (χ1) is 12.8. The van der Waals surface area contributed by atoms with Crippen molar-refractivity contribution >= 4 is 28.4 Å². The van der Waals surface area contributed by atoms with Crippen LogP contribution in [-0.2, 0) is 0 Å². The van der Waals surface area contributed by atoms with Crippen LogP contribution in [0.2, 0.25) is 0 Å². The number of piperazine rings is 1. The topological polar surface area (TPSA) is 61.3 Å². The van der Waals surface area contributed by atoms with Crippen molar-refractivity contribution in [1.29, 1.82) is 0 Å². The molecule has 0 N–H and O–H groups in total. The first kappa shape index (κ1) is 16.2. The molecule has 2 aromatic heterocycles. The molecule has 1 aliphatic carbocycles. The lowest BCUT2D eigenvalue weighted by Crippen LogP contribution is -2.47. The van der Waals surface area contributed by atoms with Crippen LogP contribution in [0.25, 0.3) is 0 Å². The lowest BCUT2D eigenvalue weighted by molar-refractivity contribution is 0.643. The predicted molar refractivity (Wildman–Crippen MR) is 105 cm³/mol. The van der Waals surface area contributed by atoms with E-state index >= 15 is 0 Å². The molecule has 5 rings (SSSR count). The van der Waals surface area contributed by atoms with Crippen molar-refractivity contribution in [2.45, 2.75) is 38.5 Å². The molecule has 138 valence electrons. The number of rotatable bonds is 4. The Bertz CT molecular complexity index is 774. The van der Waals surface area contributed by atoms with Gasteiger partial charge in [0.15, 0.2) is 0 Å². The Balaban J connectivity index is 1.27. The van der Waals surface area contributed by atoms with Gasteiger partial charge in [0.1, 0.15) is 11.6 Å². The number of aromatic nitrogens is 4. The molecule has 0 spiro atoms. The standard InChI is InChI=1S/C18H25N7S/c1-13-12-15(20-17(19-13)24-6-2-3-7-24)23-8-10-25(11-9-23)18-21-16(22-26-18)14-4-5-14/h12,14H,2-11H2,1H3. The summed E-state index contributed by atoms with van der Waals surface area (Å²) in [4.78, 5) is 21.4. The van der Waals surface area contributed by atoms with Gasteiger partial charge in [-0.15, -0.1) is 0 Å². The highest BCUT2D eigenvalue weighted by atomic mass is 32.1. The molecule has 4 heterocycles. The maximum Gasteiger partial charge on any atom is 0.227 e. The summed E-state index contributed by atoms with van der Waals surface area (Å²) >= 11 is 1.56. The van der Waals surface area contributed by atoms with Crippen LogP contribution < -0.4 is 14.7 Å². The van der Waals surface area contributed by atoms with E-state index in [1.165, 1.54) is 25.7 Å². The number of anilines is 3. The minimum atomic E-state index is 0.634. The number of hydrogen-bond acceptors (Lipinski definition) is 8. The van der Waals surface area contributed by atoms with Gasteiger partial charge in [0.2, 0.25) is 11.1 Å². The van der Waals surface area contributed by atoms with E-state index in [-0.39, 0.29) is 0 Å². The highest BCUT2D eigenvalue weighted by Crippen LogP contribution is 2.39. The van der Waals surface area contributed by atoms with Crippen LogP contribution >= 0.6 is 11.5 Å². The van der Waals surface area contributed by atoms with Crippen LogP contribution in [0.3, 0.4) is 0 Å². The van der Waals surface area contributed by atoms with Crippen LogP contribution in [0, 0.1) is 6.92 Å². The summed E-state index contributed by atoms with van der Waals surface area (Å²) in [5, 5.41) is 1.09. The zero-order valence-electron chi connectivity index (χ0n) is 15.3. The molecule has 0 atom stereocenters. The Morgan fingerprint density at radius 1 is 0.885 bits per heavy atom. The Morgan fingerprint density at radius 3 is 2.35 bits per heavy atom. The monoisotopic (exact) mass is 371 g/mol. The Hall–Kier alpha value is -1.96. The van der Waals surface area contributed by atoms with E-state index in [1.54, 1.807) is 11.5 Å². The van der Waals surface area contributed by atoms with Gasteiger partial charge >= 0.3 is 0 Å². The molecule has 0 amide bonds. The van der Waals surface area contributed by atoms with Gasteiger partial charge in [-0.05, 0) is 32.6 Å². The van der Waals surface area contributed by atoms with Crippen molar-refractivity contribution < 1.29 is 0 Å². The van der Waals surface area contributed by atoms with Gasteiger partial charge < -0.3 is 14.7 Å². The first-order valence-electron chi connectivity index (χ1n) is 9.70. The fraction of sp³-hybridized carbons (Fsp3) is 0.667. The van der Waals surface area contributed by atoms with E-state index in [1.807, 2.05) is 0 Å². The molecule has 2 saturated heterocycles. The summed E-state index contributed by atoms with van der Waals surface area (Å²) in [6, 6.07) is 2.12. The average molecular weight is 372 g/mol. The Kier molecular flexibility index (Phi) is 4.15.